The number of aromatic nitrogens is 2. The quantitative estimate of drug-likeness (QED) is 0.704. The Morgan fingerprint density at radius 2 is 2.12 bits per heavy atom. The number of nitrogens with two attached hydrogens (primary N) is 1. The van der Waals surface area contributed by atoms with Gasteiger partial charge in [-0.3, -0.25) is 0 Å². The number of hydrogen-bond donors (Lipinski definition) is 3. The van der Waals surface area contributed by atoms with Gasteiger partial charge in [0.15, 0.2) is 0 Å². The molecule has 0 bridgehead atoms. The van der Waals surface area contributed by atoms with Crippen LogP contribution in [0.25, 0.3) is 0 Å². The van der Waals surface area contributed by atoms with Gasteiger partial charge in [0.2, 0.25) is 5.95 Å². The molecule has 0 radical (unpaired) electrons. The standard InChI is InChI=1S/C12H21N5/c1-3-9(6-8-4-5-8)15-11-7-10(14-2)16-12(13)17-11/h7-9H,3-6H2,1-2H3,(H4,13,14,15,16,17). The maximum absolute atomic E-state index is 5.66. The van der Waals surface area contributed by atoms with Crippen LogP contribution in [-0.2, 0) is 0 Å². The van der Waals surface area contributed by atoms with Crippen molar-refractivity contribution in [2.45, 2.75) is 38.6 Å². The van der Waals surface area contributed by atoms with Crippen molar-refractivity contribution in [1.82, 2.24) is 9.97 Å². The minimum Gasteiger partial charge on any atom is -0.373 e. The largest absolute Gasteiger partial charge is 0.373 e. The van der Waals surface area contributed by atoms with Crippen molar-refractivity contribution < 1.29 is 0 Å². The molecular formula is C12H21N5. The van der Waals surface area contributed by atoms with Crippen LogP contribution >= 0.6 is 0 Å². The molecule has 0 spiro atoms. The summed E-state index contributed by atoms with van der Waals surface area (Å²) in [5.41, 5.74) is 5.66. The zero-order chi connectivity index (χ0) is 12.3. The van der Waals surface area contributed by atoms with E-state index in [9.17, 15) is 0 Å². The van der Waals surface area contributed by atoms with Gasteiger partial charge in [-0.25, -0.2) is 0 Å². The highest BCUT2D eigenvalue weighted by Crippen LogP contribution is 2.34. The van der Waals surface area contributed by atoms with E-state index in [1.807, 2.05) is 13.1 Å². The van der Waals surface area contributed by atoms with E-state index in [2.05, 4.69) is 27.5 Å². The van der Waals surface area contributed by atoms with E-state index in [1.54, 1.807) is 0 Å². The summed E-state index contributed by atoms with van der Waals surface area (Å²) in [6.45, 7) is 2.20. The Balaban J connectivity index is 2.01. The first-order valence-corrected chi connectivity index (χ1v) is 6.30. The first-order chi connectivity index (χ1) is 8.21. The van der Waals surface area contributed by atoms with Crippen LogP contribution in [-0.4, -0.2) is 23.1 Å². The van der Waals surface area contributed by atoms with Gasteiger partial charge in [-0.1, -0.05) is 19.8 Å². The molecule has 1 aliphatic rings. The third-order valence-electron chi connectivity index (χ3n) is 3.16. The van der Waals surface area contributed by atoms with Crippen LogP contribution in [0, 0.1) is 5.92 Å². The number of nitrogens with zero attached hydrogens (tertiary/aromatic N) is 2. The average Bonchev–Trinajstić information content (AvgIpc) is 3.11. The summed E-state index contributed by atoms with van der Waals surface area (Å²) < 4.78 is 0. The molecule has 1 aromatic rings. The molecule has 5 heteroatoms. The van der Waals surface area contributed by atoms with Crippen molar-refractivity contribution in [1.29, 1.82) is 0 Å². The first kappa shape index (κ1) is 12.0. The molecule has 1 aromatic heterocycles. The van der Waals surface area contributed by atoms with E-state index in [-0.39, 0.29) is 0 Å². The van der Waals surface area contributed by atoms with Crippen LogP contribution in [0.4, 0.5) is 17.6 Å². The molecule has 0 aliphatic heterocycles. The molecule has 1 saturated carbocycles. The smallest absolute Gasteiger partial charge is 0.223 e. The maximum atomic E-state index is 5.66. The molecule has 17 heavy (non-hydrogen) atoms. The van der Waals surface area contributed by atoms with E-state index in [0.717, 1.165) is 24.0 Å². The van der Waals surface area contributed by atoms with Crippen LogP contribution in [0.3, 0.4) is 0 Å². The Bertz CT molecular complexity index is 375. The highest BCUT2D eigenvalue weighted by Gasteiger charge is 2.24. The summed E-state index contributed by atoms with van der Waals surface area (Å²) in [5.74, 6) is 2.78. The molecule has 0 saturated heterocycles. The number of anilines is 3. The van der Waals surface area contributed by atoms with Crippen molar-refractivity contribution >= 4 is 17.6 Å². The zero-order valence-corrected chi connectivity index (χ0v) is 10.5. The number of rotatable bonds is 6. The molecule has 2 rings (SSSR count). The summed E-state index contributed by atoms with van der Waals surface area (Å²) in [6, 6.07) is 2.38. The maximum Gasteiger partial charge on any atom is 0.223 e. The van der Waals surface area contributed by atoms with Gasteiger partial charge in [-0.05, 0) is 18.8 Å². The normalized spacial score (nSPS) is 16.6. The number of hydrogen-bond acceptors (Lipinski definition) is 5. The topological polar surface area (TPSA) is 75.9 Å². The van der Waals surface area contributed by atoms with Gasteiger partial charge in [0, 0.05) is 19.2 Å². The molecule has 1 aliphatic carbocycles. The van der Waals surface area contributed by atoms with Crippen LogP contribution in [0.5, 0.6) is 0 Å². The zero-order valence-electron chi connectivity index (χ0n) is 10.5. The first-order valence-electron chi connectivity index (χ1n) is 6.30. The van der Waals surface area contributed by atoms with Gasteiger partial charge >= 0.3 is 0 Å². The fourth-order valence-electron chi connectivity index (χ4n) is 1.96. The van der Waals surface area contributed by atoms with Crippen molar-refractivity contribution in [3.8, 4) is 0 Å². The minimum absolute atomic E-state index is 0.306. The minimum atomic E-state index is 0.306. The van der Waals surface area contributed by atoms with Crippen LogP contribution in [0.2, 0.25) is 0 Å². The van der Waals surface area contributed by atoms with E-state index >= 15 is 0 Å². The summed E-state index contributed by atoms with van der Waals surface area (Å²) >= 11 is 0. The molecule has 1 atom stereocenters. The monoisotopic (exact) mass is 235 g/mol. The van der Waals surface area contributed by atoms with E-state index in [1.165, 1.54) is 19.3 Å². The number of nitrogen functional groups attached to an aromatic ring is 1. The van der Waals surface area contributed by atoms with Crippen molar-refractivity contribution in [2.75, 3.05) is 23.4 Å². The van der Waals surface area contributed by atoms with Crippen molar-refractivity contribution in [3.63, 3.8) is 0 Å². The highest BCUT2D eigenvalue weighted by molar-refractivity contribution is 5.51. The SMILES string of the molecule is CCC(CC1CC1)Nc1cc(NC)nc(N)n1. The molecule has 94 valence electrons. The molecule has 4 N–H and O–H groups in total. The second-order valence-electron chi connectivity index (χ2n) is 4.68. The fourth-order valence-corrected chi connectivity index (χ4v) is 1.96. The Morgan fingerprint density at radius 1 is 1.41 bits per heavy atom. The molecule has 1 unspecified atom stereocenters. The summed E-state index contributed by atoms with van der Waals surface area (Å²) in [5, 5.41) is 6.43. The summed E-state index contributed by atoms with van der Waals surface area (Å²) in [6.07, 6.45) is 5.10. The predicted octanol–water partition coefficient (Wildman–Crippen LogP) is 2.09. The fraction of sp³-hybridized carbons (Fsp3) is 0.667. The lowest BCUT2D eigenvalue weighted by molar-refractivity contribution is 0.585. The summed E-state index contributed by atoms with van der Waals surface area (Å²) in [7, 11) is 1.83. The van der Waals surface area contributed by atoms with Gasteiger partial charge < -0.3 is 16.4 Å². The molecule has 1 heterocycles. The molecule has 0 aromatic carbocycles. The van der Waals surface area contributed by atoms with Gasteiger partial charge in [0.05, 0.1) is 0 Å². The van der Waals surface area contributed by atoms with Crippen molar-refractivity contribution in [3.05, 3.63) is 6.07 Å². The van der Waals surface area contributed by atoms with Gasteiger partial charge in [0.25, 0.3) is 0 Å². The lowest BCUT2D eigenvalue weighted by Gasteiger charge is -2.17. The van der Waals surface area contributed by atoms with Crippen LogP contribution in [0.1, 0.15) is 32.6 Å². The second kappa shape index (κ2) is 5.21. The Labute approximate surface area is 102 Å². The van der Waals surface area contributed by atoms with E-state index in [0.29, 0.717) is 12.0 Å². The van der Waals surface area contributed by atoms with Crippen LogP contribution in [0.15, 0.2) is 6.07 Å². The lowest BCUT2D eigenvalue weighted by atomic mass is 10.1. The molecular weight excluding hydrogens is 214 g/mol. The average molecular weight is 235 g/mol. The highest BCUT2D eigenvalue weighted by atomic mass is 15.1. The van der Waals surface area contributed by atoms with E-state index < -0.39 is 0 Å². The second-order valence-corrected chi connectivity index (χ2v) is 4.68. The van der Waals surface area contributed by atoms with E-state index in [4.69, 9.17) is 5.73 Å². The summed E-state index contributed by atoms with van der Waals surface area (Å²) in [4.78, 5) is 8.29. The Morgan fingerprint density at radius 3 is 2.71 bits per heavy atom. The third kappa shape index (κ3) is 3.47. The van der Waals surface area contributed by atoms with Gasteiger partial charge in [-0.2, -0.15) is 9.97 Å². The Hall–Kier alpha value is -1.52. The predicted molar refractivity (Wildman–Crippen MR) is 71.0 cm³/mol. The molecule has 1 fully saturated rings. The third-order valence-corrected chi connectivity index (χ3v) is 3.16. The molecule has 5 nitrogen and oxygen atoms in total. The molecule has 0 amide bonds. The van der Waals surface area contributed by atoms with Crippen LogP contribution < -0.4 is 16.4 Å². The van der Waals surface area contributed by atoms with Gasteiger partial charge in [-0.15, -0.1) is 0 Å². The van der Waals surface area contributed by atoms with Gasteiger partial charge in [0.1, 0.15) is 11.6 Å². The van der Waals surface area contributed by atoms with Crippen molar-refractivity contribution in [2.24, 2.45) is 5.92 Å². The Kier molecular flexibility index (Phi) is 3.66. The number of nitrogens with one attached hydrogen (secondary N) is 2. The lowest BCUT2D eigenvalue weighted by Crippen LogP contribution is -2.20.